The van der Waals surface area contributed by atoms with Crippen molar-refractivity contribution < 1.29 is 4.74 Å². The Morgan fingerprint density at radius 1 is 0.322 bits per heavy atom. The van der Waals surface area contributed by atoms with Crippen LogP contribution in [0, 0.1) is 0 Å². The van der Waals surface area contributed by atoms with Gasteiger partial charge in [0.2, 0.25) is 0 Å². The lowest BCUT2D eigenvalue weighted by molar-refractivity contribution is 0.436. The summed E-state index contributed by atoms with van der Waals surface area (Å²) in [6.45, 7) is 14.0. The smallest absolute Gasteiger partial charge is 0.132 e. The summed E-state index contributed by atoms with van der Waals surface area (Å²) in [4.78, 5) is 0. The third kappa shape index (κ3) is 4.35. The molecule has 1 aliphatic heterocycles. The van der Waals surface area contributed by atoms with Crippen LogP contribution in [0.1, 0.15) is 97.2 Å². The molecule has 4 aliphatic rings. The second-order valence-corrected chi connectivity index (χ2v) is 19.2. The van der Waals surface area contributed by atoms with Crippen LogP contribution in [-0.2, 0) is 21.7 Å². The van der Waals surface area contributed by atoms with Crippen molar-refractivity contribution in [2.24, 2.45) is 0 Å². The molecule has 0 N–H and O–H groups in total. The summed E-state index contributed by atoms with van der Waals surface area (Å²) in [7, 11) is 0. The third-order valence-corrected chi connectivity index (χ3v) is 14.1. The number of rotatable bonds is 1. The maximum absolute atomic E-state index is 6.68. The lowest BCUT2D eigenvalue weighted by atomic mass is 9.66. The summed E-state index contributed by atoms with van der Waals surface area (Å²) in [5.74, 6) is 1.83. The number of fused-ring (bicyclic) bond motifs is 19. The number of hydrogen-bond donors (Lipinski definition) is 0. The zero-order valence-electron chi connectivity index (χ0n) is 34.6. The van der Waals surface area contributed by atoms with Crippen molar-refractivity contribution in [1.29, 1.82) is 0 Å². The van der Waals surface area contributed by atoms with Crippen LogP contribution in [0.2, 0.25) is 0 Å². The van der Waals surface area contributed by atoms with Crippen LogP contribution >= 0.6 is 0 Å². The molecule has 1 heterocycles. The molecule has 0 atom stereocenters. The van der Waals surface area contributed by atoms with Gasteiger partial charge in [-0.1, -0.05) is 193 Å². The quantitative estimate of drug-likeness (QED) is 0.162. The van der Waals surface area contributed by atoms with Crippen molar-refractivity contribution >= 4 is 0 Å². The Morgan fingerprint density at radius 3 is 1.31 bits per heavy atom. The van der Waals surface area contributed by atoms with Crippen molar-refractivity contribution in [3.05, 3.63) is 225 Å². The minimum absolute atomic E-state index is 0.00368. The molecule has 0 bridgehead atoms. The summed E-state index contributed by atoms with van der Waals surface area (Å²) >= 11 is 0. The minimum atomic E-state index is -0.527. The topological polar surface area (TPSA) is 9.23 Å². The zero-order chi connectivity index (χ0) is 40.1. The fourth-order valence-electron chi connectivity index (χ4n) is 11.4. The minimum Gasteiger partial charge on any atom is -0.457 e. The summed E-state index contributed by atoms with van der Waals surface area (Å²) in [6, 6.07) is 64.6. The van der Waals surface area contributed by atoms with Gasteiger partial charge < -0.3 is 4.74 Å². The normalized spacial score (nSPS) is 15.4. The van der Waals surface area contributed by atoms with Crippen LogP contribution in [0.3, 0.4) is 0 Å². The highest BCUT2D eigenvalue weighted by Gasteiger charge is 2.54. The Labute approximate surface area is 348 Å². The van der Waals surface area contributed by atoms with E-state index in [9.17, 15) is 0 Å². The first-order valence-electron chi connectivity index (χ1n) is 21.2. The Hall–Kier alpha value is -6.44. The van der Waals surface area contributed by atoms with Crippen LogP contribution in [-0.4, -0.2) is 0 Å². The largest absolute Gasteiger partial charge is 0.457 e. The Kier molecular flexibility index (Phi) is 6.80. The van der Waals surface area contributed by atoms with E-state index in [1.165, 1.54) is 100 Å². The molecule has 1 nitrogen and oxygen atoms in total. The van der Waals surface area contributed by atoms with Gasteiger partial charge in [-0.15, -0.1) is 0 Å². The predicted molar refractivity (Wildman–Crippen MR) is 243 cm³/mol. The van der Waals surface area contributed by atoms with E-state index in [4.69, 9.17) is 4.74 Å². The average Bonchev–Trinajstić information content (AvgIpc) is 3.83. The molecule has 0 saturated carbocycles. The molecule has 2 spiro atoms. The van der Waals surface area contributed by atoms with Gasteiger partial charge in [-0.25, -0.2) is 0 Å². The summed E-state index contributed by atoms with van der Waals surface area (Å²) in [5.41, 5.74) is 22.7. The van der Waals surface area contributed by atoms with Crippen molar-refractivity contribution in [3.8, 4) is 56.0 Å². The zero-order valence-corrected chi connectivity index (χ0v) is 34.6. The molecule has 59 heavy (non-hydrogen) atoms. The van der Waals surface area contributed by atoms with Gasteiger partial charge >= 0.3 is 0 Å². The highest BCUT2D eigenvalue weighted by molar-refractivity contribution is 6.01. The van der Waals surface area contributed by atoms with Gasteiger partial charge in [-0.05, 0) is 118 Å². The fourth-order valence-corrected chi connectivity index (χ4v) is 11.4. The highest BCUT2D eigenvalue weighted by atomic mass is 16.5. The van der Waals surface area contributed by atoms with Crippen molar-refractivity contribution in [2.75, 3.05) is 0 Å². The summed E-state index contributed by atoms with van der Waals surface area (Å²) in [5, 5.41) is 0. The van der Waals surface area contributed by atoms with E-state index in [0.717, 1.165) is 11.5 Å². The molecule has 12 rings (SSSR count). The van der Waals surface area contributed by atoms with E-state index in [2.05, 4.69) is 211 Å². The van der Waals surface area contributed by atoms with Gasteiger partial charge in [0.25, 0.3) is 0 Å². The molecule has 8 aromatic carbocycles. The molecule has 0 aromatic heterocycles. The van der Waals surface area contributed by atoms with Gasteiger partial charge in [0.1, 0.15) is 11.5 Å². The Balaban J connectivity index is 1.16. The molecule has 284 valence electrons. The maximum Gasteiger partial charge on any atom is 0.132 e. The molecule has 8 aromatic rings. The molecule has 0 amide bonds. The van der Waals surface area contributed by atoms with Crippen LogP contribution < -0.4 is 4.74 Å². The molecule has 3 aliphatic carbocycles. The van der Waals surface area contributed by atoms with E-state index in [1.807, 2.05) is 0 Å². The molecular weight excluding hydrogens is 713 g/mol. The Bertz CT molecular complexity index is 3000. The fraction of sp³-hybridized carbons (Fsp3) is 0.172. The van der Waals surface area contributed by atoms with E-state index in [0.29, 0.717) is 0 Å². The average molecular weight is 759 g/mol. The van der Waals surface area contributed by atoms with Gasteiger partial charge in [-0.2, -0.15) is 0 Å². The van der Waals surface area contributed by atoms with Gasteiger partial charge in [0, 0.05) is 11.1 Å². The van der Waals surface area contributed by atoms with Gasteiger partial charge in [0.15, 0.2) is 0 Å². The molecule has 0 saturated heterocycles. The molecule has 0 radical (unpaired) electrons. The lowest BCUT2D eigenvalue weighted by Gasteiger charge is -2.39. The standard InChI is InChI=1S/C58H46O/c1-55(2,3)36-27-30-41-42-31-28-37(56(4,5)6)34-51(42)58(50(41)33-36)45-20-10-8-17-43(45)54-38(18-15-23-48(54)58)35-26-29-40-39-16-7-9-19-44(39)57(49(40)32-35)46-21-11-13-24-52(46)59-53-25-14-12-22-47(53)57/h7-34H,1-6H3. The SMILES string of the molecule is CC(C)(C)c1ccc2c(c1)C1(c3cc(C(C)(C)C)ccc3-2)c2ccccc2-c2c(-c3ccc4c(c3)C3(c5ccccc5Oc5ccccc53)c3ccccc3-4)cccc21. The first-order chi connectivity index (χ1) is 28.5. The first kappa shape index (κ1) is 34.6. The molecule has 0 unspecified atom stereocenters. The van der Waals surface area contributed by atoms with Crippen LogP contribution in [0.25, 0.3) is 44.5 Å². The maximum atomic E-state index is 6.68. The van der Waals surface area contributed by atoms with E-state index < -0.39 is 10.8 Å². The second kappa shape index (κ2) is 11.6. The van der Waals surface area contributed by atoms with Crippen molar-refractivity contribution in [3.63, 3.8) is 0 Å². The third-order valence-electron chi connectivity index (χ3n) is 14.1. The summed E-state index contributed by atoms with van der Waals surface area (Å²) in [6.07, 6.45) is 0. The number of hydrogen-bond acceptors (Lipinski definition) is 1. The summed E-state index contributed by atoms with van der Waals surface area (Å²) < 4.78 is 6.68. The van der Waals surface area contributed by atoms with Crippen molar-refractivity contribution in [2.45, 2.75) is 63.2 Å². The van der Waals surface area contributed by atoms with Gasteiger partial charge in [-0.3, -0.25) is 0 Å². The van der Waals surface area contributed by atoms with E-state index >= 15 is 0 Å². The Morgan fingerprint density at radius 2 is 0.729 bits per heavy atom. The first-order valence-corrected chi connectivity index (χ1v) is 21.2. The molecule has 1 heteroatoms. The molecule has 0 fully saturated rings. The van der Waals surface area contributed by atoms with Crippen LogP contribution in [0.5, 0.6) is 11.5 Å². The number of para-hydroxylation sites is 2. The lowest BCUT2D eigenvalue weighted by Crippen LogP contribution is -2.32. The highest BCUT2D eigenvalue weighted by Crippen LogP contribution is 2.66. The van der Waals surface area contributed by atoms with Gasteiger partial charge in [0.05, 0.1) is 10.8 Å². The van der Waals surface area contributed by atoms with Crippen LogP contribution in [0.4, 0.5) is 0 Å². The number of benzene rings is 8. The van der Waals surface area contributed by atoms with Crippen LogP contribution in [0.15, 0.2) is 170 Å². The second-order valence-electron chi connectivity index (χ2n) is 19.2. The predicted octanol–water partition coefficient (Wildman–Crippen LogP) is 14.8. The van der Waals surface area contributed by atoms with Crippen molar-refractivity contribution in [1.82, 2.24) is 0 Å². The number of ether oxygens (including phenoxy) is 1. The monoisotopic (exact) mass is 758 g/mol. The van der Waals surface area contributed by atoms with E-state index in [-0.39, 0.29) is 10.8 Å². The van der Waals surface area contributed by atoms with E-state index in [1.54, 1.807) is 0 Å². The molecular formula is C58H46O.